The van der Waals surface area contributed by atoms with Crippen LogP contribution in [0, 0.1) is 5.92 Å². The van der Waals surface area contributed by atoms with E-state index in [0.717, 1.165) is 25.7 Å². The predicted octanol–water partition coefficient (Wildman–Crippen LogP) is 3.10. The van der Waals surface area contributed by atoms with E-state index in [4.69, 9.17) is 0 Å². The maximum atomic E-state index is 12.4. The van der Waals surface area contributed by atoms with Gasteiger partial charge in [-0.25, -0.2) is 5.01 Å². The van der Waals surface area contributed by atoms with E-state index in [2.05, 4.69) is 5.10 Å². The Hall–Kier alpha value is -0.860. The van der Waals surface area contributed by atoms with Gasteiger partial charge in [0.25, 0.3) is 5.91 Å². The summed E-state index contributed by atoms with van der Waals surface area (Å²) in [7, 11) is 0. The smallest absolute Gasteiger partial charge is 0.251 e. The molecule has 2 fully saturated rings. The first-order valence-electron chi connectivity index (χ1n) is 7.27. The molecular formula is C14H22N2O. The highest BCUT2D eigenvalue weighted by Gasteiger charge is 2.39. The molecule has 1 aliphatic heterocycles. The second-order valence-electron chi connectivity index (χ2n) is 5.72. The number of carbonyl (C=O) groups excluding carboxylic acids is 1. The van der Waals surface area contributed by atoms with Gasteiger partial charge in [-0.05, 0) is 32.1 Å². The van der Waals surface area contributed by atoms with Crippen LogP contribution in [0.5, 0.6) is 0 Å². The molecule has 1 heterocycles. The number of carbonyl (C=O) groups is 1. The third-order valence-corrected chi connectivity index (χ3v) is 4.51. The van der Waals surface area contributed by atoms with Gasteiger partial charge in [-0.2, -0.15) is 5.10 Å². The molecule has 2 aliphatic carbocycles. The van der Waals surface area contributed by atoms with E-state index < -0.39 is 0 Å². The maximum absolute atomic E-state index is 12.4. The molecule has 0 aromatic heterocycles. The molecule has 3 nitrogen and oxygen atoms in total. The van der Waals surface area contributed by atoms with Gasteiger partial charge in [0.1, 0.15) is 0 Å². The summed E-state index contributed by atoms with van der Waals surface area (Å²) in [4.78, 5) is 12.4. The zero-order chi connectivity index (χ0) is 11.7. The molecule has 1 atom stereocenters. The Morgan fingerprint density at radius 2 is 1.65 bits per heavy atom. The van der Waals surface area contributed by atoms with Crippen molar-refractivity contribution in [2.24, 2.45) is 11.0 Å². The zero-order valence-electron chi connectivity index (χ0n) is 10.5. The summed E-state index contributed by atoms with van der Waals surface area (Å²) in [5.41, 5.74) is 1.19. The Balaban J connectivity index is 1.74. The lowest BCUT2D eigenvalue weighted by molar-refractivity contribution is -0.134. The molecule has 94 valence electrons. The summed E-state index contributed by atoms with van der Waals surface area (Å²) in [6.45, 7) is 0. The molecule has 2 saturated carbocycles. The average molecular weight is 234 g/mol. The first kappa shape index (κ1) is 11.2. The fourth-order valence-corrected chi connectivity index (χ4v) is 3.49. The van der Waals surface area contributed by atoms with E-state index >= 15 is 0 Å². The highest BCUT2D eigenvalue weighted by molar-refractivity contribution is 6.08. The van der Waals surface area contributed by atoms with Crippen LogP contribution < -0.4 is 0 Å². The number of hydrogen-bond donors (Lipinski definition) is 0. The monoisotopic (exact) mass is 234 g/mol. The largest absolute Gasteiger partial charge is 0.272 e. The second kappa shape index (κ2) is 4.79. The maximum Gasteiger partial charge on any atom is 0.251 e. The normalized spacial score (nSPS) is 31.1. The van der Waals surface area contributed by atoms with Crippen LogP contribution >= 0.6 is 0 Å². The summed E-state index contributed by atoms with van der Waals surface area (Å²) >= 11 is 0. The van der Waals surface area contributed by atoms with Gasteiger partial charge in [0, 0.05) is 0 Å². The molecular weight excluding hydrogens is 212 g/mol. The molecule has 0 radical (unpaired) electrons. The van der Waals surface area contributed by atoms with Crippen molar-refractivity contribution >= 4 is 11.6 Å². The van der Waals surface area contributed by atoms with Crippen LogP contribution in [-0.2, 0) is 4.79 Å². The Bertz CT molecular complexity index is 329. The highest BCUT2D eigenvalue weighted by atomic mass is 16.2. The minimum atomic E-state index is 0.159. The first-order valence-corrected chi connectivity index (χ1v) is 7.27. The summed E-state index contributed by atoms with van der Waals surface area (Å²) < 4.78 is 0. The molecule has 0 aromatic rings. The highest BCUT2D eigenvalue weighted by Crippen LogP contribution is 2.33. The van der Waals surface area contributed by atoms with Gasteiger partial charge in [-0.3, -0.25) is 4.79 Å². The van der Waals surface area contributed by atoms with Crippen LogP contribution in [0.2, 0.25) is 0 Å². The Kier molecular flexibility index (Phi) is 3.17. The Morgan fingerprint density at radius 3 is 2.35 bits per heavy atom. The molecule has 1 unspecified atom stereocenters. The quantitative estimate of drug-likeness (QED) is 0.642. The van der Waals surface area contributed by atoms with Gasteiger partial charge in [-0.1, -0.05) is 32.1 Å². The van der Waals surface area contributed by atoms with Crippen molar-refractivity contribution in [2.45, 2.75) is 70.3 Å². The van der Waals surface area contributed by atoms with Crippen molar-refractivity contribution in [3.63, 3.8) is 0 Å². The van der Waals surface area contributed by atoms with Crippen molar-refractivity contribution in [3.8, 4) is 0 Å². The van der Waals surface area contributed by atoms with Crippen LogP contribution in [0.1, 0.15) is 64.2 Å². The molecule has 1 amide bonds. The van der Waals surface area contributed by atoms with E-state index in [9.17, 15) is 4.79 Å². The van der Waals surface area contributed by atoms with Gasteiger partial charge in [0.05, 0.1) is 17.7 Å². The van der Waals surface area contributed by atoms with Gasteiger partial charge in [0.2, 0.25) is 0 Å². The van der Waals surface area contributed by atoms with Crippen LogP contribution in [0.4, 0.5) is 0 Å². The summed E-state index contributed by atoms with van der Waals surface area (Å²) in [6.07, 6.45) is 12.0. The number of rotatable bonds is 1. The lowest BCUT2D eigenvalue weighted by Crippen LogP contribution is -2.36. The Morgan fingerprint density at radius 1 is 0.941 bits per heavy atom. The average Bonchev–Trinajstić information content (AvgIpc) is 2.57. The van der Waals surface area contributed by atoms with Crippen molar-refractivity contribution in [1.29, 1.82) is 0 Å². The van der Waals surface area contributed by atoms with E-state index in [1.165, 1.54) is 44.2 Å². The summed E-state index contributed by atoms with van der Waals surface area (Å²) in [6, 6.07) is 0.406. The summed E-state index contributed by atoms with van der Waals surface area (Å²) in [5, 5.41) is 6.53. The standard InChI is InChI=1S/C14H22N2O/c17-14-12-9-5-6-10-13(12)15-16(14)11-7-3-1-2-4-8-11/h11-12H,1-10H2. The molecule has 0 bridgehead atoms. The summed E-state index contributed by atoms with van der Waals surface area (Å²) in [5.74, 6) is 0.471. The van der Waals surface area contributed by atoms with Gasteiger partial charge in [0.15, 0.2) is 0 Å². The third kappa shape index (κ3) is 2.12. The number of nitrogens with zero attached hydrogens (tertiary/aromatic N) is 2. The minimum Gasteiger partial charge on any atom is -0.272 e. The number of hydrogen-bond acceptors (Lipinski definition) is 2. The van der Waals surface area contributed by atoms with Crippen LogP contribution in [-0.4, -0.2) is 22.7 Å². The van der Waals surface area contributed by atoms with Crippen LogP contribution in [0.25, 0.3) is 0 Å². The second-order valence-corrected chi connectivity index (χ2v) is 5.72. The number of amides is 1. The lowest BCUT2D eigenvalue weighted by atomic mass is 9.87. The zero-order valence-corrected chi connectivity index (χ0v) is 10.5. The van der Waals surface area contributed by atoms with Crippen LogP contribution in [0.3, 0.4) is 0 Å². The van der Waals surface area contributed by atoms with Crippen molar-refractivity contribution in [3.05, 3.63) is 0 Å². The molecule has 17 heavy (non-hydrogen) atoms. The fraction of sp³-hybridized carbons (Fsp3) is 0.857. The van der Waals surface area contributed by atoms with Crippen LogP contribution in [0.15, 0.2) is 5.10 Å². The topological polar surface area (TPSA) is 32.7 Å². The molecule has 3 heteroatoms. The number of fused-ring (bicyclic) bond motifs is 1. The van der Waals surface area contributed by atoms with E-state index in [1.807, 2.05) is 5.01 Å². The lowest BCUT2D eigenvalue weighted by Gasteiger charge is -2.24. The van der Waals surface area contributed by atoms with Crippen molar-refractivity contribution in [1.82, 2.24) is 5.01 Å². The van der Waals surface area contributed by atoms with Crippen molar-refractivity contribution < 1.29 is 4.79 Å². The predicted molar refractivity (Wildman–Crippen MR) is 67.7 cm³/mol. The minimum absolute atomic E-state index is 0.159. The number of hydrazone groups is 1. The Labute approximate surface area is 103 Å². The fourth-order valence-electron chi connectivity index (χ4n) is 3.49. The molecule has 0 saturated heterocycles. The van der Waals surface area contributed by atoms with Gasteiger partial charge in [-0.15, -0.1) is 0 Å². The molecule has 0 spiro atoms. The SMILES string of the molecule is O=C1C2CCCCC2=NN1C1CCCCCC1. The third-order valence-electron chi connectivity index (χ3n) is 4.51. The molecule has 0 N–H and O–H groups in total. The first-order chi connectivity index (χ1) is 8.36. The van der Waals surface area contributed by atoms with Crippen molar-refractivity contribution in [2.75, 3.05) is 0 Å². The molecule has 0 aromatic carbocycles. The van der Waals surface area contributed by atoms with E-state index in [1.54, 1.807) is 0 Å². The van der Waals surface area contributed by atoms with Gasteiger partial charge >= 0.3 is 0 Å². The van der Waals surface area contributed by atoms with E-state index in [0.29, 0.717) is 11.9 Å². The molecule has 3 rings (SSSR count). The molecule has 3 aliphatic rings. The van der Waals surface area contributed by atoms with Gasteiger partial charge < -0.3 is 0 Å². The van der Waals surface area contributed by atoms with E-state index in [-0.39, 0.29) is 5.92 Å².